The molecule has 0 saturated heterocycles. The molecule has 0 atom stereocenters. The summed E-state index contributed by atoms with van der Waals surface area (Å²) in [6.45, 7) is 1.94. The first-order valence-corrected chi connectivity index (χ1v) is 5.60. The minimum atomic E-state index is -0.101. The molecule has 3 nitrogen and oxygen atoms in total. The maximum Gasteiger partial charge on any atom is 0.181 e. The van der Waals surface area contributed by atoms with E-state index in [1.165, 1.54) is 12.0 Å². The van der Waals surface area contributed by atoms with Crippen LogP contribution in [0.3, 0.4) is 0 Å². The molecular formula is C11H10INO2. The molecule has 0 saturated carbocycles. The summed E-state index contributed by atoms with van der Waals surface area (Å²) in [6.07, 6.45) is 1.36. The molecule has 15 heavy (non-hydrogen) atoms. The number of oxazole rings is 1. The zero-order valence-corrected chi connectivity index (χ0v) is 10.4. The largest absolute Gasteiger partial charge is 0.443 e. The van der Waals surface area contributed by atoms with Crippen LogP contribution in [0.2, 0.25) is 0 Å². The molecule has 1 N–H and O–H groups in total. The number of benzene rings is 1. The van der Waals surface area contributed by atoms with E-state index < -0.39 is 0 Å². The van der Waals surface area contributed by atoms with Crippen molar-refractivity contribution in [2.24, 2.45) is 0 Å². The van der Waals surface area contributed by atoms with E-state index in [9.17, 15) is 0 Å². The maximum absolute atomic E-state index is 9.10. The van der Waals surface area contributed by atoms with E-state index in [1.807, 2.05) is 25.1 Å². The molecular weight excluding hydrogens is 305 g/mol. The highest BCUT2D eigenvalue weighted by atomic mass is 127. The smallest absolute Gasteiger partial charge is 0.181 e. The van der Waals surface area contributed by atoms with Gasteiger partial charge in [-0.15, -0.1) is 0 Å². The van der Waals surface area contributed by atoms with Crippen molar-refractivity contribution in [3.05, 3.63) is 39.4 Å². The summed E-state index contributed by atoms with van der Waals surface area (Å²) in [4.78, 5) is 3.96. The van der Waals surface area contributed by atoms with E-state index in [0.29, 0.717) is 11.5 Å². The van der Waals surface area contributed by atoms with E-state index in [-0.39, 0.29) is 6.61 Å². The first kappa shape index (κ1) is 10.6. The molecule has 2 aromatic rings. The van der Waals surface area contributed by atoms with Crippen molar-refractivity contribution < 1.29 is 9.52 Å². The average Bonchev–Trinajstić information content (AvgIpc) is 2.70. The molecule has 1 heterocycles. The number of hydrogen-bond donors (Lipinski definition) is 1. The molecule has 0 spiro atoms. The quantitative estimate of drug-likeness (QED) is 0.867. The van der Waals surface area contributed by atoms with Crippen molar-refractivity contribution in [3.8, 4) is 11.3 Å². The first-order valence-electron chi connectivity index (χ1n) is 4.52. The molecule has 0 aliphatic carbocycles. The van der Waals surface area contributed by atoms with Gasteiger partial charge in [0.2, 0.25) is 0 Å². The van der Waals surface area contributed by atoms with Gasteiger partial charge in [-0.25, -0.2) is 4.98 Å². The Morgan fingerprint density at radius 1 is 1.47 bits per heavy atom. The molecule has 0 unspecified atom stereocenters. The second-order valence-corrected chi connectivity index (χ2v) is 4.30. The third kappa shape index (κ3) is 1.91. The zero-order chi connectivity index (χ0) is 10.8. The van der Waals surface area contributed by atoms with Crippen LogP contribution in [-0.2, 0) is 6.61 Å². The van der Waals surface area contributed by atoms with Gasteiger partial charge in [0.05, 0.1) is 6.61 Å². The number of aromatic nitrogens is 1. The molecule has 2 rings (SSSR count). The fourth-order valence-electron chi connectivity index (χ4n) is 1.42. The van der Waals surface area contributed by atoms with Gasteiger partial charge < -0.3 is 9.52 Å². The summed E-state index contributed by atoms with van der Waals surface area (Å²) in [5.41, 5.74) is 2.75. The maximum atomic E-state index is 9.10. The van der Waals surface area contributed by atoms with Gasteiger partial charge in [-0.2, -0.15) is 0 Å². The van der Waals surface area contributed by atoms with Crippen LogP contribution in [0.15, 0.2) is 29.0 Å². The van der Waals surface area contributed by atoms with Gasteiger partial charge >= 0.3 is 0 Å². The molecule has 1 aromatic heterocycles. The van der Waals surface area contributed by atoms with Crippen LogP contribution in [0, 0.1) is 10.5 Å². The highest BCUT2D eigenvalue weighted by Crippen LogP contribution is 2.29. The number of halogens is 1. The fraction of sp³-hybridized carbons (Fsp3) is 0.182. The van der Waals surface area contributed by atoms with Crippen molar-refractivity contribution in [1.82, 2.24) is 4.98 Å². The Labute approximate surface area is 101 Å². The van der Waals surface area contributed by atoms with Gasteiger partial charge in [0.1, 0.15) is 5.69 Å². The first-order chi connectivity index (χ1) is 7.24. The fourth-order valence-corrected chi connectivity index (χ4v) is 2.03. The number of aryl methyl sites for hydroxylation is 1. The summed E-state index contributed by atoms with van der Waals surface area (Å²) in [7, 11) is 0. The van der Waals surface area contributed by atoms with E-state index in [4.69, 9.17) is 9.52 Å². The average molecular weight is 315 g/mol. The highest BCUT2D eigenvalue weighted by molar-refractivity contribution is 14.1. The molecule has 0 radical (unpaired) electrons. The van der Waals surface area contributed by atoms with Crippen LogP contribution in [-0.4, -0.2) is 10.1 Å². The normalized spacial score (nSPS) is 10.6. The molecule has 0 amide bonds. The summed E-state index contributed by atoms with van der Waals surface area (Å²) in [5.74, 6) is 0.658. The number of aliphatic hydroxyl groups is 1. The van der Waals surface area contributed by atoms with E-state index in [1.54, 1.807) is 0 Å². The summed E-state index contributed by atoms with van der Waals surface area (Å²) < 4.78 is 6.43. The van der Waals surface area contributed by atoms with Crippen molar-refractivity contribution >= 4 is 22.6 Å². The SMILES string of the molecule is Cc1cccc(-c2ocnc2CO)c1I. The van der Waals surface area contributed by atoms with Gasteiger partial charge in [0.15, 0.2) is 12.2 Å². The van der Waals surface area contributed by atoms with Crippen molar-refractivity contribution in [1.29, 1.82) is 0 Å². The Morgan fingerprint density at radius 2 is 2.27 bits per heavy atom. The lowest BCUT2D eigenvalue weighted by Crippen LogP contribution is -1.90. The molecule has 4 heteroatoms. The second-order valence-electron chi connectivity index (χ2n) is 3.22. The van der Waals surface area contributed by atoms with Crippen LogP contribution in [0.25, 0.3) is 11.3 Å². The zero-order valence-electron chi connectivity index (χ0n) is 8.20. The summed E-state index contributed by atoms with van der Waals surface area (Å²) in [5, 5.41) is 9.10. The lowest BCUT2D eigenvalue weighted by molar-refractivity contribution is 0.277. The predicted molar refractivity (Wildman–Crippen MR) is 65.3 cm³/mol. The van der Waals surface area contributed by atoms with Crippen LogP contribution in [0.5, 0.6) is 0 Å². The van der Waals surface area contributed by atoms with Gasteiger partial charge in [-0.1, -0.05) is 18.2 Å². The monoisotopic (exact) mass is 315 g/mol. The number of nitrogens with zero attached hydrogens (tertiary/aromatic N) is 1. The van der Waals surface area contributed by atoms with Crippen LogP contribution >= 0.6 is 22.6 Å². The van der Waals surface area contributed by atoms with Crippen LogP contribution < -0.4 is 0 Å². The minimum Gasteiger partial charge on any atom is -0.443 e. The number of aliphatic hydroxyl groups excluding tert-OH is 1. The third-order valence-corrected chi connectivity index (χ3v) is 3.66. The number of hydrogen-bond acceptors (Lipinski definition) is 3. The predicted octanol–water partition coefficient (Wildman–Crippen LogP) is 2.75. The molecule has 0 bridgehead atoms. The summed E-state index contributed by atoms with van der Waals surface area (Å²) >= 11 is 2.27. The van der Waals surface area contributed by atoms with Gasteiger partial charge in [0.25, 0.3) is 0 Å². The van der Waals surface area contributed by atoms with E-state index >= 15 is 0 Å². The Bertz CT molecular complexity index is 479. The minimum absolute atomic E-state index is 0.101. The highest BCUT2D eigenvalue weighted by Gasteiger charge is 2.13. The third-order valence-electron chi connectivity index (χ3n) is 2.23. The van der Waals surface area contributed by atoms with Crippen LogP contribution in [0.4, 0.5) is 0 Å². The Morgan fingerprint density at radius 3 is 3.00 bits per heavy atom. The molecule has 0 fully saturated rings. The van der Waals surface area contributed by atoms with E-state index in [0.717, 1.165) is 9.13 Å². The van der Waals surface area contributed by atoms with Crippen molar-refractivity contribution in [2.75, 3.05) is 0 Å². The van der Waals surface area contributed by atoms with Crippen molar-refractivity contribution in [3.63, 3.8) is 0 Å². The van der Waals surface area contributed by atoms with Gasteiger partial charge in [-0.3, -0.25) is 0 Å². The lowest BCUT2D eigenvalue weighted by Gasteiger charge is -2.04. The molecule has 1 aromatic carbocycles. The Balaban J connectivity index is 2.59. The number of rotatable bonds is 2. The van der Waals surface area contributed by atoms with Crippen LogP contribution in [0.1, 0.15) is 11.3 Å². The van der Waals surface area contributed by atoms with E-state index in [2.05, 4.69) is 27.6 Å². The second kappa shape index (κ2) is 4.32. The standard InChI is InChI=1S/C11H10INO2/c1-7-3-2-4-8(10(7)12)11-9(5-14)13-6-15-11/h2-4,6,14H,5H2,1H3. The van der Waals surface area contributed by atoms with Crippen molar-refractivity contribution in [2.45, 2.75) is 13.5 Å². The molecule has 0 aliphatic heterocycles. The van der Waals surface area contributed by atoms with Gasteiger partial charge in [-0.05, 0) is 35.1 Å². The topological polar surface area (TPSA) is 46.3 Å². The lowest BCUT2D eigenvalue weighted by atomic mass is 10.1. The molecule has 78 valence electrons. The Kier molecular flexibility index (Phi) is 3.06. The van der Waals surface area contributed by atoms with Gasteiger partial charge in [0, 0.05) is 9.13 Å². The Hall–Kier alpha value is -0.880. The molecule has 0 aliphatic rings. The summed E-state index contributed by atoms with van der Waals surface area (Å²) in [6, 6.07) is 5.98.